The van der Waals surface area contributed by atoms with E-state index in [0.29, 0.717) is 5.92 Å². The fraction of sp³-hybridized carbons (Fsp3) is 0.667. The molecule has 2 rings (SSSR count). The van der Waals surface area contributed by atoms with E-state index >= 15 is 0 Å². The summed E-state index contributed by atoms with van der Waals surface area (Å²) in [5, 5.41) is 3.63. The van der Waals surface area contributed by atoms with Gasteiger partial charge in [-0.1, -0.05) is 45.0 Å². The van der Waals surface area contributed by atoms with Crippen LogP contribution < -0.4 is 5.32 Å². The summed E-state index contributed by atoms with van der Waals surface area (Å²) in [5.41, 5.74) is 2.67. The minimum atomic E-state index is -0.0758. The summed E-state index contributed by atoms with van der Waals surface area (Å²) in [7, 11) is 0. The average molecular weight is 275 g/mol. The molecule has 1 heterocycles. The van der Waals surface area contributed by atoms with Crippen LogP contribution in [0, 0.1) is 0 Å². The first-order valence-electron chi connectivity index (χ1n) is 8.04. The van der Waals surface area contributed by atoms with Crippen molar-refractivity contribution in [1.82, 2.24) is 5.32 Å². The Labute approximate surface area is 123 Å². The second kappa shape index (κ2) is 6.73. The second-order valence-corrected chi connectivity index (χ2v) is 6.43. The number of hydrogen-bond donors (Lipinski definition) is 1. The Morgan fingerprint density at radius 1 is 1.15 bits per heavy atom. The summed E-state index contributed by atoms with van der Waals surface area (Å²) >= 11 is 0. The summed E-state index contributed by atoms with van der Waals surface area (Å²) in [6, 6.07) is 9.35. The summed E-state index contributed by atoms with van der Waals surface area (Å²) in [6.07, 6.45) is 3.60. The lowest BCUT2D eigenvalue weighted by molar-refractivity contribution is -0.0895. The molecule has 1 saturated heterocycles. The highest BCUT2D eigenvalue weighted by Gasteiger charge is 2.37. The number of benzene rings is 1. The van der Waals surface area contributed by atoms with Crippen molar-refractivity contribution in [2.24, 2.45) is 0 Å². The van der Waals surface area contributed by atoms with Crippen LogP contribution in [0.3, 0.4) is 0 Å². The molecule has 0 saturated carbocycles. The third-order valence-corrected chi connectivity index (χ3v) is 4.45. The van der Waals surface area contributed by atoms with Gasteiger partial charge in [0.2, 0.25) is 0 Å². The number of ether oxygens (including phenoxy) is 1. The van der Waals surface area contributed by atoms with Crippen molar-refractivity contribution in [2.75, 3.05) is 13.2 Å². The maximum Gasteiger partial charge on any atom is 0.0848 e. The van der Waals surface area contributed by atoms with Gasteiger partial charge in [-0.3, -0.25) is 0 Å². The molecule has 2 nitrogen and oxygen atoms in total. The van der Waals surface area contributed by atoms with Crippen molar-refractivity contribution in [3.8, 4) is 0 Å². The van der Waals surface area contributed by atoms with Gasteiger partial charge in [0.1, 0.15) is 0 Å². The van der Waals surface area contributed by atoms with Gasteiger partial charge >= 0.3 is 0 Å². The minimum Gasteiger partial charge on any atom is -0.373 e. The van der Waals surface area contributed by atoms with Crippen molar-refractivity contribution in [2.45, 2.75) is 64.5 Å². The van der Waals surface area contributed by atoms with Crippen LogP contribution in [-0.4, -0.2) is 18.8 Å². The largest absolute Gasteiger partial charge is 0.373 e. The Morgan fingerprint density at radius 3 is 2.30 bits per heavy atom. The van der Waals surface area contributed by atoms with E-state index in [9.17, 15) is 0 Å². The Morgan fingerprint density at radius 2 is 1.80 bits per heavy atom. The second-order valence-electron chi connectivity index (χ2n) is 6.43. The maximum absolute atomic E-state index is 6.15. The molecule has 0 amide bonds. The molecule has 0 bridgehead atoms. The van der Waals surface area contributed by atoms with E-state index in [1.807, 2.05) is 0 Å². The fourth-order valence-corrected chi connectivity index (χ4v) is 3.15. The van der Waals surface area contributed by atoms with Gasteiger partial charge in [-0.15, -0.1) is 0 Å². The van der Waals surface area contributed by atoms with Crippen LogP contribution >= 0.6 is 0 Å². The lowest BCUT2D eigenvalue weighted by Gasteiger charge is -2.41. The summed E-state index contributed by atoms with van der Waals surface area (Å²) in [6.45, 7) is 10.8. The van der Waals surface area contributed by atoms with Gasteiger partial charge in [0.05, 0.1) is 11.6 Å². The topological polar surface area (TPSA) is 21.3 Å². The maximum atomic E-state index is 6.15. The molecular formula is C18H29NO. The molecule has 2 unspecified atom stereocenters. The fourth-order valence-electron chi connectivity index (χ4n) is 3.15. The summed E-state index contributed by atoms with van der Waals surface area (Å²) < 4.78 is 6.15. The van der Waals surface area contributed by atoms with E-state index in [2.05, 4.69) is 57.3 Å². The highest BCUT2D eigenvalue weighted by molar-refractivity contribution is 5.28. The molecule has 0 radical (unpaired) electrons. The minimum absolute atomic E-state index is 0.0758. The zero-order valence-corrected chi connectivity index (χ0v) is 13.4. The first kappa shape index (κ1) is 15.5. The van der Waals surface area contributed by atoms with Gasteiger partial charge in [-0.05, 0) is 49.8 Å². The van der Waals surface area contributed by atoms with Crippen LogP contribution in [0.4, 0.5) is 0 Å². The molecule has 1 aromatic rings. The van der Waals surface area contributed by atoms with E-state index in [1.54, 1.807) is 0 Å². The van der Waals surface area contributed by atoms with Gasteiger partial charge < -0.3 is 10.1 Å². The van der Waals surface area contributed by atoms with Crippen LogP contribution in [0.15, 0.2) is 24.3 Å². The third kappa shape index (κ3) is 3.42. The molecular weight excluding hydrogens is 246 g/mol. The standard InChI is InChI=1S/C18H29NO/c1-5-19-17(18(4)12-6-7-13-20-18)16-10-8-15(9-11-16)14(2)3/h8-11,14,17,19H,5-7,12-13H2,1-4H3. The van der Waals surface area contributed by atoms with Crippen LogP contribution in [-0.2, 0) is 4.74 Å². The zero-order valence-electron chi connectivity index (χ0n) is 13.4. The smallest absolute Gasteiger partial charge is 0.0848 e. The van der Waals surface area contributed by atoms with Crippen molar-refractivity contribution in [3.05, 3.63) is 35.4 Å². The van der Waals surface area contributed by atoms with Gasteiger partial charge in [0.15, 0.2) is 0 Å². The summed E-state index contributed by atoms with van der Waals surface area (Å²) in [4.78, 5) is 0. The highest BCUT2D eigenvalue weighted by Crippen LogP contribution is 2.36. The van der Waals surface area contributed by atoms with E-state index in [1.165, 1.54) is 24.0 Å². The van der Waals surface area contributed by atoms with Gasteiger partial charge in [0.25, 0.3) is 0 Å². The SMILES string of the molecule is CCNC(c1ccc(C(C)C)cc1)C1(C)CCCCO1. The Bertz CT molecular complexity index is 404. The molecule has 1 fully saturated rings. The molecule has 112 valence electrons. The molecule has 2 heteroatoms. The molecule has 1 N–H and O–H groups in total. The van der Waals surface area contributed by atoms with Crippen molar-refractivity contribution in [1.29, 1.82) is 0 Å². The number of nitrogens with one attached hydrogen (secondary N) is 1. The monoisotopic (exact) mass is 275 g/mol. The Hall–Kier alpha value is -0.860. The summed E-state index contributed by atoms with van der Waals surface area (Å²) in [5.74, 6) is 0.586. The first-order valence-corrected chi connectivity index (χ1v) is 8.04. The normalized spacial score (nSPS) is 24.9. The molecule has 0 aliphatic carbocycles. The lowest BCUT2D eigenvalue weighted by atomic mass is 9.83. The van der Waals surface area contributed by atoms with E-state index in [0.717, 1.165) is 19.6 Å². The van der Waals surface area contributed by atoms with Crippen molar-refractivity contribution < 1.29 is 4.74 Å². The molecule has 2 atom stereocenters. The molecule has 1 aromatic carbocycles. The van der Waals surface area contributed by atoms with Crippen LogP contribution in [0.25, 0.3) is 0 Å². The van der Waals surface area contributed by atoms with Gasteiger partial charge in [-0.25, -0.2) is 0 Å². The van der Waals surface area contributed by atoms with Crippen LogP contribution in [0.5, 0.6) is 0 Å². The van der Waals surface area contributed by atoms with Gasteiger partial charge in [0, 0.05) is 6.61 Å². The quantitative estimate of drug-likeness (QED) is 0.859. The highest BCUT2D eigenvalue weighted by atomic mass is 16.5. The predicted molar refractivity (Wildman–Crippen MR) is 85.2 cm³/mol. The van der Waals surface area contributed by atoms with E-state index < -0.39 is 0 Å². The molecule has 0 aromatic heterocycles. The predicted octanol–water partition coefficient (Wildman–Crippen LogP) is 4.42. The number of hydrogen-bond acceptors (Lipinski definition) is 2. The average Bonchev–Trinajstić information content (AvgIpc) is 2.45. The lowest BCUT2D eigenvalue weighted by Crippen LogP contribution is -2.45. The first-order chi connectivity index (χ1) is 9.57. The van der Waals surface area contributed by atoms with E-state index in [4.69, 9.17) is 4.74 Å². The third-order valence-electron chi connectivity index (χ3n) is 4.45. The Kier molecular flexibility index (Phi) is 5.22. The Balaban J connectivity index is 2.23. The molecule has 1 aliphatic rings. The van der Waals surface area contributed by atoms with Crippen molar-refractivity contribution >= 4 is 0 Å². The van der Waals surface area contributed by atoms with Crippen LogP contribution in [0.1, 0.15) is 70.0 Å². The van der Waals surface area contributed by atoms with E-state index in [-0.39, 0.29) is 11.6 Å². The zero-order chi connectivity index (χ0) is 14.6. The van der Waals surface area contributed by atoms with Crippen molar-refractivity contribution in [3.63, 3.8) is 0 Å². The molecule has 1 aliphatic heterocycles. The molecule has 0 spiro atoms. The number of rotatable bonds is 5. The molecule has 20 heavy (non-hydrogen) atoms. The number of likely N-dealkylation sites (N-methyl/N-ethyl adjacent to an activating group) is 1. The van der Waals surface area contributed by atoms with Crippen LogP contribution in [0.2, 0.25) is 0 Å². The van der Waals surface area contributed by atoms with Gasteiger partial charge in [-0.2, -0.15) is 0 Å².